The average molecular weight is 1310 g/mol. The molecule has 6 N–H and O–H groups in total. The molecule has 2 bridgehead atoms. The Morgan fingerprint density at radius 2 is 1.32 bits per heavy atom. The molecule has 65 heavy (non-hydrogen) atoms. The first-order chi connectivity index (χ1) is 29.9. The van der Waals surface area contributed by atoms with Crippen LogP contribution in [0.15, 0.2) is 132 Å². The summed E-state index contributed by atoms with van der Waals surface area (Å²) in [6, 6.07) is 31.8. The second-order valence-electron chi connectivity index (χ2n) is 17.8. The van der Waals surface area contributed by atoms with Crippen LogP contribution in [0.1, 0.15) is 62.5 Å². The molecule has 14 nitrogen and oxygen atoms in total. The number of nitrogens with zero attached hydrogens (tertiary/aromatic N) is 1. The largest absolute Gasteiger partial charge is 0.456 e. The summed E-state index contributed by atoms with van der Waals surface area (Å²) in [7, 11) is 0. The van der Waals surface area contributed by atoms with E-state index in [1.165, 1.54) is 30.9 Å². The Kier molecular flexibility index (Phi) is 15.9. The van der Waals surface area contributed by atoms with Gasteiger partial charge in [0.1, 0.15) is 29.5 Å². The number of para-hydroxylation sites is 2. The van der Waals surface area contributed by atoms with Crippen molar-refractivity contribution in [3.8, 4) is 0 Å². The molecule has 4 aromatic rings. The fourth-order valence-electron chi connectivity index (χ4n) is 10.5. The quantitative estimate of drug-likeness (QED) is 0.0995. The summed E-state index contributed by atoms with van der Waals surface area (Å²) in [6.07, 6.45) is -10.5. The Labute approximate surface area is 448 Å². The van der Waals surface area contributed by atoms with Gasteiger partial charge in [-0.2, -0.15) is 0 Å². The van der Waals surface area contributed by atoms with Crippen molar-refractivity contribution in [2.24, 2.45) is 16.7 Å². The zero-order valence-electron chi connectivity index (χ0n) is 36.5. The molecule has 3 fully saturated rings. The van der Waals surface area contributed by atoms with Crippen LogP contribution in [0.25, 0.3) is 0 Å². The number of nitrogens with one attached hydrogen (secondary N) is 1. The Morgan fingerprint density at radius 1 is 0.800 bits per heavy atom. The van der Waals surface area contributed by atoms with Crippen molar-refractivity contribution in [2.45, 2.75) is 94.4 Å². The standard InChI is InChI=1S/C49H52N2O12.2Ac/c1-28-33(62-44(57)39(54)37(29-17-9-5-10-18-29)50-45(58)51(31-21-13-7-14-22-31)32-23-15-8-16-24-32)26-49(60)42(63-43(56)30-19-11-6-12-20-30)40-47(4,34(52)25-35-48(40,59)27-61-35)41(55)38(53)36(28)46(49,2)3;;/h5-24,33-35,37-40,42,52-54,59-60H,25-27H2,1-4H3,(H,50,58);;/t33?,34?,35?,37?,38?,39?,40?,42?,47-,48?,49?;;/m1../s1. The number of esters is 2. The summed E-state index contributed by atoms with van der Waals surface area (Å²) in [5.74, 6) is -4.56. The number of carbonyl (C=O) groups is 4. The van der Waals surface area contributed by atoms with Gasteiger partial charge in [-0.1, -0.05) is 98.8 Å². The fraction of sp³-hybridized carbons (Fsp3) is 0.388. The van der Waals surface area contributed by atoms with E-state index in [2.05, 4.69) is 5.32 Å². The molecule has 3 aliphatic carbocycles. The summed E-state index contributed by atoms with van der Waals surface area (Å²) in [5.41, 5.74) is -6.26. The number of carbonyl (C=O) groups excluding carboxylic acids is 4. The number of aliphatic hydroxyl groups excluding tert-OH is 3. The van der Waals surface area contributed by atoms with Gasteiger partial charge in [0.15, 0.2) is 11.9 Å². The molecule has 2 saturated carbocycles. The summed E-state index contributed by atoms with van der Waals surface area (Å²) in [5, 5.41) is 64.5. The molecular weight excluding hydrogens is 1260 g/mol. The van der Waals surface area contributed by atoms with E-state index >= 15 is 0 Å². The van der Waals surface area contributed by atoms with Crippen molar-refractivity contribution in [1.29, 1.82) is 0 Å². The van der Waals surface area contributed by atoms with Gasteiger partial charge < -0.3 is 45.1 Å². The van der Waals surface area contributed by atoms with E-state index in [0.717, 1.165) is 0 Å². The van der Waals surface area contributed by atoms with Crippen LogP contribution in [0.4, 0.5) is 16.2 Å². The molecule has 4 aliphatic rings. The maximum atomic E-state index is 14.9. The van der Waals surface area contributed by atoms with Crippen molar-refractivity contribution in [1.82, 2.24) is 5.32 Å². The number of aliphatic hydroxyl groups is 5. The van der Waals surface area contributed by atoms with Gasteiger partial charge in [0.2, 0.25) is 0 Å². The van der Waals surface area contributed by atoms with Gasteiger partial charge in [-0.3, -0.25) is 9.69 Å². The van der Waals surface area contributed by atoms with Gasteiger partial charge >= 0.3 is 18.0 Å². The summed E-state index contributed by atoms with van der Waals surface area (Å²) >= 11 is 0. The summed E-state index contributed by atoms with van der Waals surface area (Å²) in [6.45, 7) is 5.71. The van der Waals surface area contributed by atoms with E-state index in [9.17, 15) is 44.7 Å². The normalized spacial score (nSPS) is 30.7. The van der Waals surface area contributed by atoms with Gasteiger partial charge in [0.05, 0.1) is 47.2 Å². The minimum absolute atomic E-state index is 0. The molecule has 4 aromatic carbocycles. The number of amides is 2. The molecule has 10 unspecified atom stereocenters. The number of rotatable bonds is 9. The van der Waals surface area contributed by atoms with Crippen LogP contribution in [0.2, 0.25) is 0 Å². The molecule has 2 radical (unpaired) electrons. The van der Waals surface area contributed by atoms with Crippen LogP contribution in [-0.4, -0.2) is 104 Å². The Bertz CT molecular complexity index is 2370. The van der Waals surface area contributed by atoms with Crippen molar-refractivity contribution in [2.75, 3.05) is 11.5 Å². The van der Waals surface area contributed by atoms with E-state index < -0.39 is 101 Å². The SMILES string of the molecule is CC1=C2C(O)C(=O)[C@]3(C)C(O)CC4OCC4(O)C3C(OC(=O)c3ccccc3)C(O)(CC1OC(=O)C(O)C(NC(=O)N(c1ccccc1)c1ccccc1)c1ccccc1)C2(C)C.[Ac].[Ac]. The first kappa shape index (κ1) is 51.5. The smallest absolute Gasteiger partial charge is 0.338 e. The first-order valence-electron chi connectivity index (χ1n) is 21.0. The summed E-state index contributed by atoms with van der Waals surface area (Å²) < 4.78 is 18.1. The molecule has 1 heterocycles. The zero-order chi connectivity index (χ0) is 45.1. The number of ketones is 1. The third-order valence-electron chi connectivity index (χ3n) is 14.1. The fourth-order valence-corrected chi connectivity index (χ4v) is 10.5. The molecule has 0 spiro atoms. The maximum absolute atomic E-state index is 14.9. The molecule has 1 aliphatic heterocycles. The molecule has 8 rings (SSSR count). The van der Waals surface area contributed by atoms with E-state index in [1.54, 1.807) is 123 Å². The van der Waals surface area contributed by atoms with Crippen molar-refractivity contribution in [3.05, 3.63) is 144 Å². The van der Waals surface area contributed by atoms with Gasteiger partial charge in [-0.05, 0) is 67.0 Å². The van der Waals surface area contributed by atoms with Gasteiger partial charge in [-0.25, -0.2) is 14.4 Å². The number of benzene rings is 4. The van der Waals surface area contributed by atoms with Crippen molar-refractivity contribution < 1.29 is 147 Å². The predicted octanol–water partition coefficient (Wildman–Crippen LogP) is 4.71. The molecule has 0 aromatic heterocycles. The molecule has 1 saturated heterocycles. The predicted molar refractivity (Wildman–Crippen MR) is 228 cm³/mol. The Hall–Kier alpha value is -2.86. The topological polar surface area (TPSA) is 212 Å². The zero-order valence-corrected chi connectivity index (χ0v) is 46.0. The van der Waals surface area contributed by atoms with Crippen LogP contribution in [0.5, 0.6) is 0 Å². The molecule has 16 heteroatoms. The second-order valence-corrected chi connectivity index (χ2v) is 17.8. The third-order valence-corrected chi connectivity index (χ3v) is 14.1. The minimum atomic E-state index is -2.33. The first-order valence-corrected chi connectivity index (χ1v) is 21.0. The van der Waals surface area contributed by atoms with Crippen molar-refractivity contribution in [3.63, 3.8) is 0 Å². The Morgan fingerprint density at radius 3 is 1.85 bits per heavy atom. The van der Waals surface area contributed by atoms with E-state index in [1.807, 2.05) is 0 Å². The van der Waals surface area contributed by atoms with E-state index in [4.69, 9.17) is 14.2 Å². The van der Waals surface area contributed by atoms with E-state index in [0.29, 0.717) is 16.9 Å². The number of anilines is 2. The molecule has 2 amide bonds. The van der Waals surface area contributed by atoms with Gasteiger partial charge in [0, 0.05) is 112 Å². The van der Waals surface area contributed by atoms with Gasteiger partial charge in [-0.15, -0.1) is 0 Å². The molecular formula is C49H52Ac2N2O12. The van der Waals surface area contributed by atoms with Crippen LogP contribution in [0.3, 0.4) is 0 Å². The number of urea groups is 1. The van der Waals surface area contributed by atoms with Crippen LogP contribution in [0, 0.1) is 105 Å². The third kappa shape index (κ3) is 8.89. The average Bonchev–Trinajstić information content (AvgIpc) is 3.28. The molecule has 11 atom stereocenters. The number of Topliss-reactive ketones (excluding diaryl/α,β-unsaturated/α-hetero) is 1. The van der Waals surface area contributed by atoms with Crippen LogP contribution >= 0.6 is 0 Å². The van der Waals surface area contributed by atoms with E-state index in [-0.39, 0.29) is 118 Å². The molecule has 336 valence electrons. The number of hydrogen-bond acceptors (Lipinski definition) is 12. The van der Waals surface area contributed by atoms with Crippen LogP contribution in [-0.2, 0) is 23.8 Å². The number of ether oxygens (including phenoxy) is 3. The summed E-state index contributed by atoms with van der Waals surface area (Å²) in [4.78, 5) is 59.1. The van der Waals surface area contributed by atoms with Crippen molar-refractivity contribution >= 4 is 35.1 Å². The number of hydrogen-bond donors (Lipinski definition) is 6. The monoisotopic (exact) mass is 1310 g/mol. The Balaban J connectivity index is 0.00000350. The van der Waals surface area contributed by atoms with Crippen LogP contribution < -0.4 is 10.2 Å². The second kappa shape index (κ2) is 20.0. The van der Waals surface area contributed by atoms with Gasteiger partial charge in [0.25, 0.3) is 0 Å². The maximum Gasteiger partial charge on any atom is 0.338 e. The minimum Gasteiger partial charge on any atom is -0.456 e. The number of fused-ring (bicyclic) bond motifs is 5.